The van der Waals surface area contributed by atoms with Crippen LogP contribution in [0.25, 0.3) is 0 Å². The quantitative estimate of drug-likeness (QED) is 0.193. The normalized spacial score (nSPS) is 13.1. The highest BCUT2D eigenvalue weighted by Crippen LogP contribution is 2.38. The van der Waals surface area contributed by atoms with Gasteiger partial charge in [-0.15, -0.1) is 0 Å². The first-order chi connectivity index (χ1) is 12.2. The van der Waals surface area contributed by atoms with Crippen molar-refractivity contribution in [1.29, 1.82) is 0 Å². The van der Waals surface area contributed by atoms with Crippen molar-refractivity contribution < 1.29 is 29.3 Å². The standard InChI is InChI=1S/C19H32O6/c1-5-6-7-8-9-13-16-18(17-14-11-10-12-15-17)19(23-20-2,24-21-3)25-22-4/h10-12,14-15,18H,5-9,13,16H2,1-4H3. The Kier molecular flexibility index (Phi) is 11.6. The van der Waals surface area contributed by atoms with Gasteiger partial charge in [0.1, 0.15) is 0 Å². The molecule has 1 unspecified atom stereocenters. The van der Waals surface area contributed by atoms with E-state index in [1.165, 1.54) is 47.0 Å². The lowest BCUT2D eigenvalue weighted by Gasteiger charge is -2.34. The second kappa shape index (κ2) is 13.2. The smallest absolute Gasteiger partial charge is 0.235 e. The van der Waals surface area contributed by atoms with Crippen molar-refractivity contribution in [2.45, 2.75) is 63.8 Å². The molecule has 144 valence electrons. The van der Waals surface area contributed by atoms with Crippen LogP contribution in [0.15, 0.2) is 30.3 Å². The van der Waals surface area contributed by atoms with Crippen LogP contribution in [0.3, 0.4) is 0 Å². The van der Waals surface area contributed by atoms with Crippen LogP contribution in [-0.2, 0) is 29.3 Å². The second-order valence-corrected chi connectivity index (χ2v) is 5.87. The Labute approximate surface area is 151 Å². The molecule has 0 radical (unpaired) electrons. The average molecular weight is 356 g/mol. The zero-order chi connectivity index (χ0) is 18.4. The Morgan fingerprint density at radius 2 is 1.28 bits per heavy atom. The summed E-state index contributed by atoms with van der Waals surface area (Å²) in [5, 5.41) is 0. The minimum Gasteiger partial charge on any atom is -0.235 e. The first-order valence-corrected chi connectivity index (χ1v) is 8.94. The second-order valence-electron chi connectivity index (χ2n) is 5.87. The maximum absolute atomic E-state index is 5.33. The first-order valence-electron chi connectivity index (χ1n) is 8.94. The van der Waals surface area contributed by atoms with Gasteiger partial charge in [-0.05, 0) is 12.0 Å². The van der Waals surface area contributed by atoms with Crippen molar-refractivity contribution in [3.63, 3.8) is 0 Å². The molecule has 0 fully saturated rings. The Balaban J connectivity index is 2.90. The van der Waals surface area contributed by atoms with E-state index in [2.05, 4.69) is 6.92 Å². The fourth-order valence-corrected chi connectivity index (χ4v) is 2.93. The largest absolute Gasteiger partial charge is 0.372 e. The molecular formula is C19H32O6. The van der Waals surface area contributed by atoms with Crippen LogP contribution in [0.5, 0.6) is 0 Å². The Morgan fingerprint density at radius 1 is 0.760 bits per heavy atom. The SMILES string of the molecule is CCCCCCCCC(c1ccccc1)C(OOC)(OOC)OOC. The van der Waals surface area contributed by atoms with E-state index in [1.54, 1.807) is 0 Å². The van der Waals surface area contributed by atoms with Crippen LogP contribution in [0.4, 0.5) is 0 Å². The monoisotopic (exact) mass is 356 g/mol. The summed E-state index contributed by atoms with van der Waals surface area (Å²) in [6, 6.07) is 9.86. The molecule has 0 aromatic heterocycles. The Hall–Kier alpha value is -1.02. The van der Waals surface area contributed by atoms with Crippen molar-refractivity contribution in [3.8, 4) is 0 Å². The summed E-state index contributed by atoms with van der Waals surface area (Å²) in [4.78, 5) is 30.6. The molecule has 1 rings (SSSR count). The molecule has 0 amide bonds. The molecule has 1 atom stereocenters. The summed E-state index contributed by atoms with van der Waals surface area (Å²) in [7, 11) is 4.17. The van der Waals surface area contributed by atoms with Gasteiger partial charge in [-0.2, -0.15) is 14.7 Å². The number of unbranched alkanes of at least 4 members (excludes halogenated alkanes) is 5. The van der Waals surface area contributed by atoms with Crippen molar-refractivity contribution in [2.75, 3.05) is 21.3 Å². The third-order valence-corrected chi connectivity index (χ3v) is 4.07. The molecule has 0 heterocycles. The van der Waals surface area contributed by atoms with Crippen molar-refractivity contribution in [3.05, 3.63) is 35.9 Å². The van der Waals surface area contributed by atoms with Crippen molar-refractivity contribution in [2.24, 2.45) is 0 Å². The van der Waals surface area contributed by atoms with Crippen LogP contribution in [-0.4, -0.2) is 27.3 Å². The fourth-order valence-electron chi connectivity index (χ4n) is 2.93. The Morgan fingerprint density at radius 3 is 1.80 bits per heavy atom. The van der Waals surface area contributed by atoms with Crippen molar-refractivity contribution in [1.82, 2.24) is 0 Å². The molecule has 1 aromatic rings. The topological polar surface area (TPSA) is 55.4 Å². The van der Waals surface area contributed by atoms with Gasteiger partial charge in [-0.25, -0.2) is 14.7 Å². The zero-order valence-corrected chi connectivity index (χ0v) is 15.9. The highest BCUT2D eigenvalue weighted by atomic mass is 17.4. The van der Waals surface area contributed by atoms with Gasteiger partial charge in [-0.3, -0.25) is 0 Å². The molecule has 0 spiro atoms. The summed E-state index contributed by atoms with van der Waals surface area (Å²) < 4.78 is 0. The molecule has 25 heavy (non-hydrogen) atoms. The molecule has 0 aliphatic rings. The summed E-state index contributed by atoms with van der Waals surface area (Å²) in [6.07, 6.45) is 7.88. The number of rotatable bonds is 15. The third kappa shape index (κ3) is 7.40. The van der Waals surface area contributed by atoms with E-state index in [4.69, 9.17) is 29.3 Å². The van der Waals surface area contributed by atoms with Crippen molar-refractivity contribution >= 4 is 0 Å². The molecule has 6 nitrogen and oxygen atoms in total. The van der Waals surface area contributed by atoms with E-state index < -0.39 is 5.97 Å². The molecule has 6 heteroatoms. The molecule has 0 aliphatic heterocycles. The van der Waals surface area contributed by atoms with Gasteiger partial charge in [0.2, 0.25) is 0 Å². The predicted octanol–water partition coefficient (Wildman–Crippen LogP) is 4.91. The lowest BCUT2D eigenvalue weighted by molar-refractivity contribution is -0.628. The summed E-state index contributed by atoms with van der Waals surface area (Å²) in [5.41, 5.74) is 0.988. The first kappa shape index (κ1) is 22.0. The molecule has 0 bridgehead atoms. The zero-order valence-electron chi connectivity index (χ0n) is 15.9. The Bertz CT molecular complexity index is 408. The van der Waals surface area contributed by atoms with E-state index in [1.807, 2.05) is 30.3 Å². The van der Waals surface area contributed by atoms with Gasteiger partial charge < -0.3 is 0 Å². The summed E-state index contributed by atoms with van der Waals surface area (Å²) in [5.74, 6) is -1.94. The number of benzene rings is 1. The highest BCUT2D eigenvalue weighted by molar-refractivity contribution is 5.21. The number of hydrogen-bond acceptors (Lipinski definition) is 6. The lowest BCUT2D eigenvalue weighted by atomic mass is 9.90. The van der Waals surface area contributed by atoms with E-state index in [-0.39, 0.29) is 5.92 Å². The van der Waals surface area contributed by atoms with E-state index >= 15 is 0 Å². The maximum Gasteiger partial charge on any atom is 0.372 e. The summed E-state index contributed by atoms with van der Waals surface area (Å²) in [6.45, 7) is 2.21. The van der Waals surface area contributed by atoms with Gasteiger partial charge in [0.25, 0.3) is 0 Å². The molecular weight excluding hydrogens is 324 g/mol. The summed E-state index contributed by atoms with van der Waals surface area (Å²) >= 11 is 0. The molecule has 0 aliphatic carbocycles. The molecule has 1 aromatic carbocycles. The van der Waals surface area contributed by atoms with Crippen LogP contribution in [0, 0.1) is 0 Å². The highest BCUT2D eigenvalue weighted by Gasteiger charge is 2.48. The fraction of sp³-hybridized carbons (Fsp3) is 0.684. The van der Waals surface area contributed by atoms with Crippen LogP contribution < -0.4 is 0 Å². The molecule has 0 N–H and O–H groups in total. The minimum atomic E-state index is -1.65. The number of hydrogen-bond donors (Lipinski definition) is 0. The maximum atomic E-state index is 5.33. The van der Waals surface area contributed by atoms with E-state index in [9.17, 15) is 0 Å². The van der Waals surface area contributed by atoms with Gasteiger partial charge in [-0.1, -0.05) is 75.8 Å². The van der Waals surface area contributed by atoms with Crippen LogP contribution in [0.2, 0.25) is 0 Å². The lowest BCUT2D eigenvalue weighted by Crippen LogP contribution is -2.44. The molecule has 0 saturated heterocycles. The van der Waals surface area contributed by atoms with Gasteiger partial charge >= 0.3 is 5.97 Å². The van der Waals surface area contributed by atoms with Gasteiger partial charge in [0.15, 0.2) is 0 Å². The van der Waals surface area contributed by atoms with E-state index in [0.29, 0.717) is 0 Å². The predicted molar refractivity (Wildman–Crippen MR) is 94.2 cm³/mol. The van der Waals surface area contributed by atoms with E-state index in [0.717, 1.165) is 24.8 Å². The van der Waals surface area contributed by atoms with Crippen LogP contribution in [0.1, 0.15) is 63.4 Å². The third-order valence-electron chi connectivity index (χ3n) is 4.07. The van der Waals surface area contributed by atoms with Crippen LogP contribution >= 0.6 is 0 Å². The average Bonchev–Trinajstić information content (AvgIpc) is 2.62. The molecule has 0 saturated carbocycles. The minimum absolute atomic E-state index is 0.292. The van der Waals surface area contributed by atoms with Gasteiger partial charge in [0, 0.05) is 0 Å². The van der Waals surface area contributed by atoms with Gasteiger partial charge in [0.05, 0.1) is 27.2 Å².